The van der Waals surface area contributed by atoms with Crippen LogP contribution in [0.1, 0.15) is 52.9 Å². The van der Waals surface area contributed by atoms with Crippen molar-refractivity contribution < 1.29 is 9.47 Å². The molecule has 1 rings (SSSR count). The molecule has 0 unspecified atom stereocenters. The van der Waals surface area contributed by atoms with Gasteiger partial charge in [-0.3, -0.25) is 0 Å². The van der Waals surface area contributed by atoms with Crippen molar-refractivity contribution in [3.05, 3.63) is 0 Å². The lowest BCUT2D eigenvalue weighted by molar-refractivity contribution is 0.0348. The Morgan fingerprint density at radius 2 is 1.74 bits per heavy atom. The fraction of sp³-hybridized carbons (Fsp3) is 1.00. The molecule has 3 heteroatoms. The van der Waals surface area contributed by atoms with Crippen LogP contribution in [0.2, 0.25) is 0 Å². The zero-order valence-electron chi connectivity index (χ0n) is 13.1. The normalized spacial score (nSPS) is 28.6. The standard InChI is InChI=1S/C16H31BrO2/c1-15(2,3)14-5-7-16(13-17,8-6-14)9-10-19-12-11-18-4/h14H,5-13H2,1-4H3. The lowest BCUT2D eigenvalue weighted by Crippen LogP contribution is -2.34. The van der Waals surface area contributed by atoms with Gasteiger partial charge in [0.15, 0.2) is 0 Å². The molecule has 19 heavy (non-hydrogen) atoms. The van der Waals surface area contributed by atoms with Crippen molar-refractivity contribution in [1.29, 1.82) is 0 Å². The molecule has 0 aliphatic heterocycles. The van der Waals surface area contributed by atoms with Crippen LogP contribution in [0.5, 0.6) is 0 Å². The molecule has 0 heterocycles. The van der Waals surface area contributed by atoms with Crippen molar-refractivity contribution in [3.8, 4) is 0 Å². The molecule has 2 nitrogen and oxygen atoms in total. The first-order valence-electron chi connectivity index (χ1n) is 7.56. The van der Waals surface area contributed by atoms with Gasteiger partial charge in [-0.25, -0.2) is 0 Å². The molecule has 0 atom stereocenters. The van der Waals surface area contributed by atoms with E-state index in [1.54, 1.807) is 7.11 Å². The second-order valence-electron chi connectivity index (χ2n) is 7.13. The first-order chi connectivity index (χ1) is 8.93. The highest BCUT2D eigenvalue weighted by atomic mass is 79.9. The van der Waals surface area contributed by atoms with E-state index in [9.17, 15) is 0 Å². The van der Waals surface area contributed by atoms with E-state index in [-0.39, 0.29) is 0 Å². The van der Waals surface area contributed by atoms with Gasteiger partial charge in [0.2, 0.25) is 0 Å². The zero-order valence-corrected chi connectivity index (χ0v) is 14.7. The lowest BCUT2D eigenvalue weighted by Gasteiger charge is -2.43. The van der Waals surface area contributed by atoms with E-state index in [0.717, 1.165) is 24.5 Å². The minimum absolute atomic E-state index is 0.466. The Morgan fingerprint density at radius 1 is 1.11 bits per heavy atom. The van der Waals surface area contributed by atoms with Crippen molar-refractivity contribution in [2.45, 2.75) is 52.9 Å². The van der Waals surface area contributed by atoms with E-state index in [4.69, 9.17) is 9.47 Å². The second-order valence-corrected chi connectivity index (χ2v) is 7.69. The van der Waals surface area contributed by atoms with Crippen LogP contribution in [0.15, 0.2) is 0 Å². The van der Waals surface area contributed by atoms with Gasteiger partial charge in [0, 0.05) is 19.0 Å². The average molecular weight is 335 g/mol. The molecule has 0 N–H and O–H groups in total. The molecule has 0 aromatic carbocycles. The SMILES string of the molecule is COCCOCCC1(CBr)CCC(C(C)(C)C)CC1. The Labute approximate surface area is 127 Å². The van der Waals surface area contributed by atoms with Gasteiger partial charge in [-0.2, -0.15) is 0 Å². The van der Waals surface area contributed by atoms with Gasteiger partial charge in [-0.1, -0.05) is 36.7 Å². The Hall–Kier alpha value is 0.400. The molecule has 1 aliphatic carbocycles. The largest absolute Gasteiger partial charge is 0.382 e. The highest BCUT2D eigenvalue weighted by Crippen LogP contribution is 2.47. The third kappa shape index (κ3) is 5.73. The van der Waals surface area contributed by atoms with Crippen LogP contribution in [-0.4, -0.2) is 32.3 Å². The van der Waals surface area contributed by atoms with Crippen LogP contribution in [0.3, 0.4) is 0 Å². The first kappa shape index (κ1) is 17.5. The summed E-state index contributed by atoms with van der Waals surface area (Å²) in [6.45, 7) is 9.44. The molecule has 0 spiro atoms. The maximum absolute atomic E-state index is 5.65. The van der Waals surface area contributed by atoms with Crippen molar-refractivity contribution in [1.82, 2.24) is 0 Å². The molecule has 0 aromatic heterocycles. The van der Waals surface area contributed by atoms with E-state index in [1.165, 1.54) is 32.1 Å². The topological polar surface area (TPSA) is 18.5 Å². The summed E-state index contributed by atoms with van der Waals surface area (Å²) in [5.41, 5.74) is 0.933. The summed E-state index contributed by atoms with van der Waals surface area (Å²) in [7, 11) is 1.72. The number of ether oxygens (including phenoxy) is 2. The fourth-order valence-electron chi connectivity index (χ4n) is 3.08. The predicted molar refractivity (Wildman–Crippen MR) is 85.0 cm³/mol. The summed E-state index contributed by atoms with van der Waals surface area (Å²) >= 11 is 3.74. The number of alkyl halides is 1. The third-order valence-electron chi connectivity index (χ3n) is 4.76. The van der Waals surface area contributed by atoms with Crippen LogP contribution in [0.4, 0.5) is 0 Å². The van der Waals surface area contributed by atoms with Gasteiger partial charge in [-0.05, 0) is 48.9 Å². The predicted octanol–water partition coefficient (Wildman–Crippen LogP) is 4.66. The van der Waals surface area contributed by atoms with Gasteiger partial charge >= 0.3 is 0 Å². The van der Waals surface area contributed by atoms with Crippen LogP contribution in [0, 0.1) is 16.7 Å². The van der Waals surface area contributed by atoms with Crippen LogP contribution in [-0.2, 0) is 9.47 Å². The Balaban J connectivity index is 2.34. The summed E-state index contributed by atoms with van der Waals surface area (Å²) in [6, 6.07) is 0. The second kappa shape index (κ2) is 7.99. The quantitative estimate of drug-likeness (QED) is 0.498. The monoisotopic (exact) mass is 334 g/mol. The zero-order chi connectivity index (χ0) is 14.4. The Morgan fingerprint density at radius 3 is 2.21 bits per heavy atom. The highest BCUT2D eigenvalue weighted by molar-refractivity contribution is 9.09. The van der Waals surface area contributed by atoms with Crippen molar-refractivity contribution in [3.63, 3.8) is 0 Å². The summed E-state index contributed by atoms with van der Waals surface area (Å²) in [6.07, 6.45) is 6.60. The molecular formula is C16H31BrO2. The fourth-order valence-corrected chi connectivity index (χ4v) is 3.92. The van der Waals surface area contributed by atoms with Gasteiger partial charge in [0.05, 0.1) is 13.2 Å². The highest BCUT2D eigenvalue weighted by Gasteiger charge is 2.37. The summed E-state index contributed by atoms with van der Waals surface area (Å²) in [5.74, 6) is 0.883. The minimum Gasteiger partial charge on any atom is -0.382 e. The molecule has 0 radical (unpaired) electrons. The van der Waals surface area contributed by atoms with E-state index >= 15 is 0 Å². The lowest BCUT2D eigenvalue weighted by atomic mass is 9.64. The van der Waals surface area contributed by atoms with E-state index in [2.05, 4.69) is 36.7 Å². The molecule has 0 saturated heterocycles. The number of hydrogen-bond donors (Lipinski definition) is 0. The molecule has 1 fully saturated rings. The van der Waals surface area contributed by atoms with Gasteiger partial charge in [0.25, 0.3) is 0 Å². The Kier molecular flexibility index (Phi) is 7.34. The van der Waals surface area contributed by atoms with E-state index in [1.807, 2.05) is 0 Å². The minimum atomic E-state index is 0.466. The third-order valence-corrected chi connectivity index (χ3v) is 5.95. The van der Waals surface area contributed by atoms with Crippen molar-refractivity contribution >= 4 is 15.9 Å². The molecular weight excluding hydrogens is 304 g/mol. The Bertz CT molecular complexity index is 240. The van der Waals surface area contributed by atoms with Gasteiger partial charge < -0.3 is 9.47 Å². The molecule has 0 bridgehead atoms. The maximum Gasteiger partial charge on any atom is 0.0700 e. The number of rotatable bonds is 7. The average Bonchev–Trinajstić information content (AvgIpc) is 2.38. The van der Waals surface area contributed by atoms with Crippen LogP contribution < -0.4 is 0 Å². The van der Waals surface area contributed by atoms with Gasteiger partial charge in [-0.15, -0.1) is 0 Å². The van der Waals surface area contributed by atoms with Crippen molar-refractivity contribution in [2.24, 2.45) is 16.7 Å². The number of methoxy groups -OCH3 is 1. The van der Waals surface area contributed by atoms with Crippen LogP contribution >= 0.6 is 15.9 Å². The molecule has 0 aromatic rings. The number of hydrogen-bond acceptors (Lipinski definition) is 2. The molecule has 1 aliphatic rings. The summed E-state index contributed by atoms with van der Waals surface area (Å²) in [5, 5.41) is 1.12. The van der Waals surface area contributed by atoms with Crippen molar-refractivity contribution in [2.75, 3.05) is 32.3 Å². The summed E-state index contributed by atoms with van der Waals surface area (Å²) in [4.78, 5) is 0. The molecule has 1 saturated carbocycles. The molecule has 0 amide bonds. The summed E-state index contributed by atoms with van der Waals surface area (Å²) < 4.78 is 10.7. The number of halogens is 1. The van der Waals surface area contributed by atoms with Gasteiger partial charge in [0.1, 0.15) is 0 Å². The van der Waals surface area contributed by atoms with E-state index in [0.29, 0.717) is 17.4 Å². The van der Waals surface area contributed by atoms with E-state index < -0.39 is 0 Å². The maximum atomic E-state index is 5.65. The first-order valence-corrected chi connectivity index (χ1v) is 8.68. The van der Waals surface area contributed by atoms with Crippen LogP contribution in [0.25, 0.3) is 0 Å². The smallest absolute Gasteiger partial charge is 0.0700 e. The molecule has 114 valence electrons.